The van der Waals surface area contributed by atoms with E-state index in [0.717, 1.165) is 15.3 Å². The van der Waals surface area contributed by atoms with Crippen LogP contribution in [0.5, 0.6) is 0 Å². The van der Waals surface area contributed by atoms with Crippen molar-refractivity contribution in [1.82, 2.24) is 9.97 Å². The lowest BCUT2D eigenvalue weighted by molar-refractivity contribution is -0.142. The van der Waals surface area contributed by atoms with Gasteiger partial charge in [0.1, 0.15) is 5.82 Å². The summed E-state index contributed by atoms with van der Waals surface area (Å²) in [4.78, 5) is 21.9. The van der Waals surface area contributed by atoms with Crippen molar-refractivity contribution in [2.75, 3.05) is 10.2 Å². The van der Waals surface area contributed by atoms with E-state index in [1.165, 1.54) is 23.2 Å². The maximum Gasteiger partial charge on any atom is 0.353 e. The van der Waals surface area contributed by atoms with Crippen LogP contribution in [0.3, 0.4) is 0 Å². The van der Waals surface area contributed by atoms with Crippen LogP contribution in [-0.4, -0.2) is 28.0 Å². The van der Waals surface area contributed by atoms with Gasteiger partial charge < -0.3 is 5.32 Å². The van der Waals surface area contributed by atoms with Gasteiger partial charge in [0.05, 0.1) is 15.8 Å². The van der Waals surface area contributed by atoms with Crippen molar-refractivity contribution in [2.24, 2.45) is 0 Å². The van der Waals surface area contributed by atoms with Crippen molar-refractivity contribution in [3.05, 3.63) is 48.2 Å². The number of carbonyl (C=O) groups is 1. The Morgan fingerprint density at radius 1 is 1.19 bits per heavy atom. The molecule has 0 radical (unpaired) electrons. The molecule has 132 valence electrons. The van der Waals surface area contributed by atoms with E-state index < -0.39 is 11.8 Å². The quantitative estimate of drug-likeness (QED) is 0.760. The minimum atomic E-state index is -3.49. The van der Waals surface area contributed by atoms with Crippen LogP contribution in [0, 0.1) is 0 Å². The van der Waals surface area contributed by atoms with E-state index in [4.69, 9.17) is 0 Å². The van der Waals surface area contributed by atoms with Crippen LogP contribution in [0.15, 0.2) is 42.6 Å². The molecule has 1 aliphatic carbocycles. The number of amides is 1. The zero-order valence-corrected chi connectivity index (χ0v) is 14.3. The molecule has 0 saturated heterocycles. The molecule has 0 atom stereocenters. The third-order valence-corrected chi connectivity index (χ3v) is 5.91. The predicted molar refractivity (Wildman–Crippen MR) is 95.7 cm³/mol. The highest BCUT2D eigenvalue weighted by atomic mass is 32.1. The fourth-order valence-electron chi connectivity index (χ4n) is 3.56. The topological polar surface area (TPSA) is 58.1 Å². The minimum absolute atomic E-state index is 0.0888. The SMILES string of the molecule is O=C1N(C2CC(Nc3nc4ccccc4s3)C2)c2ncccc2C1(F)F. The third kappa shape index (κ3) is 2.21. The minimum Gasteiger partial charge on any atom is -0.359 e. The number of thiazole rings is 1. The van der Waals surface area contributed by atoms with Gasteiger partial charge in [-0.3, -0.25) is 9.69 Å². The molecule has 0 bridgehead atoms. The van der Waals surface area contributed by atoms with Crippen LogP contribution in [0.4, 0.5) is 19.7 Å². The zero-order valence-electron chi connectivity index (χ0n) is 13.5. The van der Waals surface area contributed by atoms with Gasteiger partial charge >= 0.3 is 11.8 Å². The third-order valence-electron chi connectivity index (χ3n) is 4.94. The second kappa shape index (κ2) is 5.44. The Morgan fingerprint density at radius 2 is 2.00 bits per heavy atom. The normalized spacial score (nSPS) is 23.8. The highest BCUT2D eigenvalue weighted by molar-refractivity contribution is 7.22. The van der Waals surface area contributed by atoms with Gasteiger partial charge in [0.2, 0.25) is 0 Å². The zero-order chi connectivity index (χ0) is 17.9. The van der Waals surface area contributed by atoms with Gasteiger partial charge in [-0.1, -0.05) is 23.5 Å². The number of para-hydroxylation sites is 1. The van der Waals surface area contributed by atoms with E-state index >= 15 is 0 Å². The number of nitrogens with zero attached hydrogens (tertiary/aromatic N) is 3. The first-order valence-corrected chi connectivity index (χ1v) is 9.15. The number of fused-ring (bicyclic) bond motifs is 2. The molecule has 8 heteroatoms. The highest BCUT2D eigenvalue weighted by Gasteiger charge is 2.57. The van der Waals surface area contributed by atoms with Crippen molar-refractivity contribution >= 4 is 38.4 Å². The number of carbonyl (C=O) groups excluding carboxylic acids is 1. The average molecular weight is 372 g/mol. The van der Waals surface area contributed by atoms with Crippen molar-refractivity contribution in [3.8, 4) is 0 Å². The second-order valence-electron chi connectivity index (χ2n) is 6.58. The molecule has 2 aliphatic rings. The summed E-state index contributed by atoms with van der Waals surface area (Å²) in [5, 5.41) is 4.15. The van der Waals surface area contributed by atoms with Crippen LogP contribution < -0.4 is 10.2 Å². The summed E-state index contributed by atoms with van der Waals surface area (Å²) in [7, 11) is 0. The maximum atomic E-state index is 14.2. The molecule has 1 N–H and O–H groups in total. The Labute approximate surface area is 151 Å². The van der Waals surface area contributed by atoms with Gasteiger partial charge in [-0.25, -0.2) is 9.97 Å². The average Bonchev–Trinajstić information content (AvgIpc) is 3.09. The summed E-state index contributed by atoms with van der Waals surface area (Å²) in [5.41, 5.74) is 0.635. The Bertz CT molecular complexity index is 982. The van der Waals surface area contributed by atoms with Crippen LogP contribution in [0.1, 0.15) is 18.4 Å². The molecule has 5 nitrogen and oxygen atoms in total. The first-order chi connectivity index (χ1) is 12.5. The Balaban J connectivity index is 1.32. The summed E-state index contributed by atoms with van der Waals surface area (Å²) >= 11 is 1.56. The summed E-state index contributed by atoms with van der Waals surface area (Å²) in [5.74, 6) is -4.57. The van der Waals surface area contributed by atoms with E-state index in [1.54, 1.807) is 11.3 Å². The van der Waals surface area contributed by atoms with E-state index in [9.17, 15) is 13.6 Å². The molecule has 5 rings (SSSR count). The molecule has 1 saturated carbocycles. The van der Waals surface area contributed by atoms with Gasteiger partial charge in [-0.2, -0.15) is 8.78 Å². The number of aromatic nitrogens is 2. The summed E-state index contributed by atoms with van der Waals surface area (Å²) in [6.07, 6.45) is 2.62. The van der Waals surface area contributed by atoms with Crippen molar-refractivity contribution in [3.63, 3.8) is 0 Å². The molecule has 1 amide bonds. The smallest absolute Gasteiger partial charge is 0.353 e. The number of pyridine rings is 1. The molecule has 1 aromatic carbocycles. The predicted octanol–water partition coefficient (Wildman–Crippen LogP) is 3.77. The number of rotatable bonds is 3. The van der Waals surface area contributed by atoms with E-state index in [0.29, 0.717) is 12.8 Å². The van der Waals surface area contributed by atoms with Gasteiger partial charge in [-0.15, -0.1) is 0 Å². The Morgan fingerprint density at radius 3 is 2.81 bits per heavy atom. The maximum absolute atomic E-state index is 14.2. The molecular weight excluding hydrogens is 358 g/mol. The summed E-state index contributed by atoms with van der Waals surface area (Å²) in [6, 6.07) is 10.4. The number of hydrogen-bond acceptors (Lipinski definition) is 5. The van der Waals surface area contributed by atoms with Crippen LogP contribution in [0.2, 0.25) is 0 Å². The molecule has 3 heterocycles. The first-order valence-electron chi connectivity index (χ1n) is 8.33. The molecule has 2 aromatic heterocycles. The van der Waals surface area contributed by atoms with Gasteiger partial charge in [0.25, 0.3) is 0 Å². The van der Waals surface area contributed by atoms with Gasteiger partial charge in [0, 0.05) is 18.3 Å². The Hall–Kier alpha value is -2.61. The van der Waals surface area contributed by atoms with E-state index in [-0.39, 0.29) is 23.5 Å². The number of anilines is 2. The standard InChI is InChI=1S/C18H14F2N4OS/c19-18(20)12-4-3-7-21-15(12)24(16(18)25)11-8-10(9-11)22-17-23-13-5-1-2-6-14(13)26-17/h1-7,10-11H,8-9H2,(H,22,23). The molecule has 1 aliphatic heterocycles. The Kier molecular flexibility index (Phi) is 3.27. The number of alkyl halides is 2. The lowest BCUT2D eigenvalue weighted by atomic mass is 9.85. The van der Waals surface area contributed by atoms with Crippen molar-refractivity contribution in [2.45, 2.75) is 30.8 Å². The number of halogens is 2. The summed E-state index contributed by atoms with van der Waals surface area (Å²) < 4.78 is 29.5. The number of benzene rings is 1. The molecule has 0 spiro atoms. The van der Waals surface area contributed by atoms with Crippen LogP contribution in [-0.2, 0) is 10.7 Å². The molecule has 0 unspecified atom stereocenters. The summed E-state index contributed by atoms with van der Waals surface area (Å²) in [6.45, 7) is 0. The number of nitrogens with one attached hydrogen (secondary N) is 1. The lowest BCUT2D eigenvalue weighted by Gasteiger charge is -2.40. The van der Waals surface area contributed by atoms with E-state index in [1.807, 2.05) is 24.3 Å². The molecule has 3 aromatic rings. The molecule has 26 heavy (non-hydrogen) atoms. The van der Waals surface area contributed by atoms with Gasteiger partial charge in [0.15, 0.2) is 5.13 Å². The molecule has 1 fully saturated rings. The van der Waals surface area contributed by atoms with Crippen molar-refractivity contribution in [1.29, 1.82) is 0 Å². The first kappa shape index (κ1) is 15.6. The van der Waals surface area contributed by atoms with Crippen molar-refractivity contribution < 1.29 is 13.6 Å². The fraction of sp³-hybridized carbons (Fsp3) is 0.278. The highest BCUT2D eigenvalue weighted by Crippen LogP contribution is 2.46. The lowest BCUT2D eigenvalue weighted by Crippen LogP contribution is -2.53. The van der Waals surface area contributed by atoms with E-state index in [2.05, 4.69) is 15.3 Å². The number of hydrogen-bond donors (Lipinski definition) is 1. The van der Waals surface area contributed by atoms with Gasteiger partial charge in [-0.05, 0) is 37.1 Å². The second-order valence-corrected chi connectivity index (χ2v) is 7.61. The monoisotopic (exact) mass is 372 g/mol. The molecular formula is C18H14F2N4OS. The van der Waals surface area contributed by atoms with Crippen LogP contribution in [0.25, 0.3) is 10.2 Å². The largest absolute Gasteiger partial charge is 0.359 e. The fourth-order valence-corrected chi connectivity index (χ4v) is 4.50. The van der Waals surface area contributed by atoms with Crippen LogP contribution >= 0.6 is 11.3 Å².